The van der Waals surface area contributed by atoms with Gasteiger partial charge in [0.25, 0.3) is 0 Å². The predicted molar refractivity (Wildman–Crippen MR) is 174 cm³/mol. The Balaban J connectivity index is 0.998. The normalized spacial score (nSPS) is 48.8. The van der Waals surface area contributed by atoms with Gasteiger partial charge in [-0.15, -0.1) is 0 Å². The van der Waals surface area contributed by atoms with Gasteiger partial charge < -0.3 is 10.1 Å². The van der Waals surface area contributed by atoms with Crippen molar-refractivity contribution in [2.45, 2.75) is 160 Å². The lowest BCUT2D eigenvalue weighted by molar-refractivity contribution is -0.129. The van der Waals surface area contributed by atoms with E-state index in [1.54, 1.807) is 77.0 Å². The van der Waals surface area contributed by atoms with Crippen LogP contribution >= 0.6 is 0 Å². The number of fused-ring (bicyclic) bond motifs is 7. The summed E-state index contributed by atoms with van der Waals surface area (Å²) in [5.74, 6) is 12.9. The van der Waals surface area contributed by atoms with Gasteiger partial charge >= 0.3 is 0 Å². The molecule has 2 heteroatoms. The molecule has 0 spiro atoms. The highest BCUT2D eigenvalue weighted by Gasteiger charge is 2.58. The Kier molecular flexibility index (Phi) is 9.05. The van der Waals surface area contributed by atoms with Crippen molar-refractivity contribution in [2.75, 3.05) is 13.1 Å². The highest BCUT2D eigenvalue weighted by Crippen LogP contribution is 2.62. The summed E-state index contributed by atoms with van der Waals surface area (Å²) in [4.78, 5) is 0. The van der Waals surface area contributed by atoms with Crippen molar-refractivity contribution in [1.82, 2.24) is 5.32 Å². The van der Waals surface area contributed by atoms with E-state index in [0.29, 0.717) is 12.2 Å². The first-order valence-corrected chi connectivity index (χ1v) is 20.1. The summed E-state index contributed by atoms with van der Waals surface area (Å²) in [6.45, 7) is 5.21. The fraction of sp³-hybridized carbons (Fsp3) is 1.00. The lowest BCUT2D eigenvalue weighted by Crippen LogP contribution is -2.53. The molecule has 2 saturated heterocycles. The zero-order valence-electron chi connectivity index (χ0n) is 27.5. The van der Waals surface area contributed by atoms with Gasteiger partial charge in [0.1, 0.15) is 0 Å². The third-order valence-corrected chi connectivity index (χ3v) is 16.1. The predicted octanol–water partition coefficient (Wildman–Crippen LogP) is 10.1. The van der Waals surface area contributed by atoms with E-state index in [1.807, 2.05) is 0 Å². The molecule has 0 bridgehead atoms. The third kappa shape index (κ3) is 5.71. The second kappa shape index (κ2) is 13.0. The molecule has 8 rings (SSSR count). The van der Waals surface area contributed by atoms with Crippen LogP contribution in [0.1, 0.15) is 148 Å². The van der Waals surface area contributed by atoms with Gasteiger partial charge in [0.05, 0.1) is 12.2 Å². The molecule has 238 valence electrons. The Morgan fingerprint density at radius 3 is 2.24 bits per heavy atom. The molecule has 2 aliphatic heterocycles. The first-order chi connectivity index (χ1) is 20.7. The summed E-state index contributed by atoms with van der Waals surface area (Å²) in [6.07, 6.45) is 34.9. The van der Waals surface area contributed by atoms with Crippen molar-refractivity contribution in [2.24, 2.45) is 76.9 Å². The van der Waals surface area contributed by atoms with Crippen molar-refractivity contribution < 1.29 is 4.74 Å². The minimum atomic E-state index is 0.641. The number of rotatable bonds is 8. The Morgan fingerprint density at radius 1 is 0.643 bits per heavy atom. The first-order valence-electron chi connectivity index (χ1n) is 20.1. The third-order valence-electron chi connectivity index (χ3n) is 16.1. The number of nitrogens with one attached hydrogen (secondary N) is 1. The monoisotopic (exact) mass is 578 g/mol. The minimum Gasteiger partial charge on any atom is -0.374 e. The lowest BCUT2D eigenvalue weighted by Gasteiger charge is -2.57. The molecule has 8 aliphatic rings. The van der Waals surface area contributed by atoms with E-state index in [1.165, 1.54) is 77.3 Å². The standard InChI is InChI=1S/C40H67NO/c1-26(32-20-21-41-25-32)22-29(17-16-27-8-6-9-27)28-11-7-12-30(23-28)37-24-31-10-2-3-13-33(31)39-35(37)18-19-36-34-14-4-5-15-38(34)42-40(36)39/h26-41H,2-25H2,1H3. The van der Waals surface area contributed by atoms with Crippen LogP contribution in [0.3, 0.4) is 0 Å². The quantitative estimate of drug-likeness (QED) is 0.310. The molecule has 2 heterocycles. The molecule has 0 aromatic carbocycles. The van der Waals surface area contributed by atoms with E-state index in [2.05, 4.69) is 12.2 Å². The number of hydrogen-bond donors (Lipinski definition) is 1. The average molecular weight is 578 g/mol. The van der Waals surface area contributed by atoms with Crippen LogP contribution in [-0.2, 0) is 4.74 Å². The zero-order chi connectivity index (χ0) is 28.0. The number of hydrogen-bond acceptors (Lipinski definition) is 2. The summed E-state index contributed by atoms with van der Waals surface area (Å²) >= 11 is 0. The topological polar surface area (TPSA) is 21.3 Å². The summed E-state index contributed by atoms with van der Waals surface area (Å²) in [5.41, 5.74) is 0. The maximum absolute atomic E-state index is 7.24. The molecule has 2 nitrogen and oxygen atoms in total. The SMILES string of the molecule is CC(CC(CCC1CCC1)C1CCCC(C2CC3CCCCC3C3C2CCC2C4CCCCC4OC23)C1)C1CCNC1. The van der Waals surface area contributed by atoms with E-state index >= 15 is 0 Å². The lowest BCUT2D eigenvalue weighted by atomic mass is 9.48. The highest BCUT2D eigenvalue weighted by molar-refractivity contribution is 5.07. The van der Waals surface area contributed by atoms with Gasteiger partial charge in [-0.25, -0.2) is 0 Å². The van der Waals surface area contributed by atoms with Gasteiger partial charge in [-0.3, -0.25) is 0 Å². The first kappa shape index (κ1) is 29.3. The fourth-order valence-electron chi connectivity index (χ4n) is 13.8. The Hall–Kier alpha value is -0.0800. The van der Waals surface area contributed by atoms with Crippen LogP contribution in [0.15, 0.2) is 0 Å². The van der Waals surface area contributed by atoms with Gasteiger partial charge in [-0.05, 0) is 154 Å². The molecule has 0 radical (unpaired) electrons. The number of ether oxygens (including phenoxy) is 1. The van der Waals surface area contributed by atoms with Gasteiger partial charge in [-0.1, -0.05) is 84.0 Å². The zero-order valence-corrected chi connectivity index (χ0v) is 27.5. The molecule has 0 aromatic rings. The van der Waals surface area contributed by atoms with Crippen LogP contribution in [0.25, 0.3) is 0 Å². The van der Waals surface area contributed by atoms with Crippen molar-refractivity contribution in [3.8, 4) is 0 Å². The van der Waals surface area contributed by atoms with Crippen LogP contribution in [-0.4, -0.2) is 25.3 Å². The molecular formula is C40H67NO. The van der Waals surface area contributed by atoms with Crippen LogP contribution in [0.5, 0.6) is 0 Å². The van der Waals surface area contributed by atoms with E-state index in [9.17, 15) is 0 Å². The van der Waals surface area contributed by atoms with Crippen molar-refractivity contribution in [3.63, 3.8) is 0 Å². The van der Waals surface area contributed by atoms with Crippen LogP contribution in [0.2, 0.25) is 0 Å². The van der Waals surface area contributed by atoms with Crippen molar-refractivity contribution in [3.05, 3.63) is 0 Å². The average Bonchev–Trinajstić information content (AvgIpc) is 3.68. The summed E-state index contributed by atoms with van der Waals surface area (Å²) < 4.78 is 7.24. The van der Waals surface area contributed by atoms with Gasteiger partial charge in [-0.2, -0.15) is 0 Å². The van der Waals surface area contributed by atoms with Crippen LogP contribution in [0.4, 0.5) is 0 Å². The van der Waals surface area contributed by atoms with Gasteiger partial charge in [0.2, 0.25) is 0 Å². The van der Waals surface area contributed by atoms with Crippen molar-refractivity contribution in [1.29, 1.82) is 0 Å². The minimum absolute atomic E-state index is 0.641. The molecular weight excluding hydrogens is 510 g/mol. The highest BCUT2D eigenvalue weighted by atomic mass is 16.5. The molecule has 0 amide bonds. The molecule has 14 atom stereocenters. The summed E-state index contributed by atoms with van der Waals surface area (Å²) in [5, 5.41) is 3.70. The van der Waals surface area contributed by atoms with Gasteiger partial charge in [0.15, 0.2) is 0 Å². The van der Waals surface area contributed by atoms with Crippen molar-refractivity contribution >= 4 is 0 Å². The molecule has 6 saturated carbocycles. The molecule has 0 aromatic heterocycles. The maximum Gasteiger partial charge on any atom is 0.0644 e. The second-order valence-corrected chi connectivity index (χ2v) is 18.0. The largest absolute Gasteiger partial charge is 0.374 e. The molecule has 42 heavy (non-hydrogen) atoms. The second-order valence-electron chi connectivity index (χ2n) is 18.0. The Morgan fingerprint density at radius 2 is 1.40 bits per heavy atom. The van der Waals surface area contributed by atoms with E-state index in [-0.39, 0.29) is 0 Å². The van der Waals surface area contributed by atoms with E-state index in [0.717, 1.165) is 76.9 Å². The smallest absolute Gasteiger partial charge is 0.0644 e. The maximum atomic E-state index is 7.24. The van der Waals surface area contributed by atoms with E-state index < -0.39 is 0 Å². The summed E-state index contributed by atoms with van der Waals surface area (Å²) in [7, 11) is 0. The van der Waals surface area contributed by atoms with Crippen LogP contribution < -0.4 is 5.32 Å². The Bertz CT molecular complexity index is 877. The Labute approximate surface area is 260 Å². The molecule has 14 unspecified atom stereocenters. The van der Waals surface area contributed by atoms with E-state index in [4.69, 9.17) is 4.74 Å². The fourth-order valence-corrected chi connectivity index (χ4v) is 13.8. The van der Waals surface area contributed by atoms with Crippen LogP contribution in [0, 0.1) is 76.9 Å². The molecule has 6 aliphatic carbocycles. The summed E-state index contributed by atoms with van der Waals surface area (Å²) in [6, 6.07) is 0. The molecule has 1 N–H and O–H groups in total. The molecule has 8 fully saturated rings. The van der Waals surface area contributed by atoms with Gasteiger partial charge in [0, 0.05) is 0 Å².